The van der Waals surface area contributed by atoms with E-state index in [1.807, 2.05) is 64.1 Å². The third kappa shape index (κ3) is 8.01. The lowest BCUT2D eigenvalue weighted by Crippen LogP contribution is -2.38. The Kier molecular flexibility index (Phi) is 11.7. The molecule has 0 aliphatic carbocycles. The van der Waals surface area contributed by atoms with E-state index in [1.54, 1.807) is 38.5 Å². The van der Waals surface area contributed by atoms with Gasteiger partial charge in [0, 0.05) is 48.8 Å². The highest BCUT2D eigenvalue weighted by atomic mass is 16.5. The minimum atomic E-state index is -0.389. The van der Waals surface area contributed by atoms with Crippen LogP contribution in [0.15, 0.2) is 78.3 Å². The van der Waals surface area contributed by atoms with Gasteiger partial charge in [-0.1, -0.05) is 26.0 Å². The summed E-state index contributed by atoms with van der Waals surface area (Å²) in [6, 6.07) is 14.6. The number of aromatic nitrogens is 2. The lowest BCUT2D eigenvalue weighted by atomic mass is 10.0. The third-order valence-corrected chi connectivity index (χ3v) is 6.66. The van der Waals surface area contributed by atoms with E-state index in [0.29, 0.717) is 35.4 Å². The van der Waals surface area contributed by atoms with Crippen LogP contribution < -0.4 is 35.6 Å². The van der Waals surface area contributed by atoms with Gasteiger partial charge in [-0.3, -0.25) is 0 Å². The smallest absolute Gasteiger partial charge is 0.332 e. The molecule has 0 radical (unpaired) electrons. The highest BCUT2D eigenvalue weighted by Gasteiger charge is 2.25. The maximum Gasteiger partial charge on any atom is 0.332 e. The van der Waals surface area contributed by atoms with Crippen molar-refractivity contribution >= 4 is 34.7 Å². The minimum absolute atomic E-state index is 0.0730. The Labute approximate surface area is 249 Å². The van der Waals surface area contributed by atoms with Gasteiger partial charge in [-0.05, 0) is 68.7 Å². The number of rotatable bonds is 13. The van der Waals surface area contributed by atoms with Crippen LogP contribution in [-0.2, 0) is 0 Å². The topological polar surface area (TPSA) is 118 Å². The van der Waals surface area contributed by atoms with Crippen molar-refractivity contribution in [3.8, 4) is 11.5 Å². The zero-order valence-corrected chi connectivity index (χ0v) is 25.6. The standard InChI is InChI=1S/C32H43N7O3/c1-8-10-23(5)31(22(3)4)37-32(40)39(27-16-15-26(41-6)19-28(27)42-7)30-20-29(34-21-35-30)36-24-11-13-25(14-12-24)38(9-2)18-17-33/h8,10-16,19-22H,9,17-18,33H2,1-7H3,(H,37,40)(H,34,35,36)/b10-8-,31-23+. The number of carbonyl (C=O) groups is 1. The van der Waals surface area contributed by atoms with E-state index >= 15 is 0 Å². The molecular formula is C32H43N7O3. The van der Waals surface area contributed by atoms with E-state index in [4.69, 9.17) is 15.2 Å². The van der Waals surface area contributed by atoms with Gasteiger partial charge in [0.05, 0.1) is 19.9 Å². The van der Waals surface area contributed by atoms with Gasteiger partial charge in [-0.25, -0.2) is 19.7 Å². The summed E-state index contributed by atoms with van der Waals surface area (Å²) in [5, 5.41) is 6.44. The number of amides is 2. The SMILES string of the molecule is C/C=C\C(C)=C(\NC(=O)N(c1cc(Nc2ccc(N(CC)CCN)cc2)ncn1)c1ccc(OC)cc1OC)C(C)C. The minimum Gasteiger partial charge on any atom is -0.497 e. The number of allylic oxidation sites excluding steroid dienone is 4. The third-order valence-electron chi connectivity index (χ3n) is 6.66. The number of carbonyl (C=O) groups excluding carboxylic acids is 1. The summed E-state index contributed by atoms with van der Waals surface area (Å²) in [6.45, 7) is 12.3. The Hall–Kier alpha value is -4.57. The Morgan fingerprint density at radius 2 is 1.81 bits per heavy atom. The number of methoxy groups -OCH3 is 2. The normalized spacial score (nSPS) is 11.7. The molecule has 0 atom stereocenters. The summed E-state index contributed by atoms with van der Waals surface area (Å²) < 4.78 is 11.0. The highest BCUT2D eigenvalue weighted by Crippen LogP contribution is 2.37. The first kappa shape index (κ1) is 32.0. The first-order valence-corrected chi connectivity index (χ1v) is 14.1. The van der Waals surface area contributed by atoms with Gasteiger partial charge in [0.25, 0.3) is 0 Å². The highest BCUT2D eigenvalue weighted by molar-refractivity contribution is 6.01. The lowest BCUT2D eigenvalue weighted by Gasteiger charge is -2.26. The van der Waals surface area contributed by atoms with Gasteiger partial charge in [0.2, 0.25) is 0 Å². The van der Waals surface area contributed by atoms with Crippen molar-refractivity contribution < 1.29 is 14.3 Å². The Morgan fingerprint density at radius 1 is 1.07 bits per heavy atom. The van der Waals surface area contributed by atoms with Crippen LogP contribution in [0.2, 0.25) is 0 Å². The van der Waals surface area contributed by atoms with E-state index in [1.165, 1.54) is 11.2 Å². The fraction of sp³-hybridized carbons (Fsp3) is 0.344. The van der Waals surface area contributed by atoms with Gasteiger partial charge in [0.1, 0.15) is 29.5 Å². The van der Waals surface area contributed by atoms with Crippen molar-refractivity contribution in [2.75, 3.05) is 49.0 Å². The van der Waals surface area contributed by atoms with Gasteiger partial charge in [0.15, 0.2) is 0 Å². The molecule has 1 heterocycles. The molecule has 10 nitrogen and oxygen atoms in total. The predicted octanol–water partition coefficient (Wildman–Crippen LogP) is 6.38. The van der Waals surface area contributed by atoms with Crippen LogP contribution in [0.25, 0.3) is 0 Å². The molecule has 0 bridgehead atoms. The summed E-state index contributed by atoms with van der Waals surface area (Å²) in [4.78, 5) is 26.6. The Bertz CT molecular complexity index is 1390. The van der Waals surface area contributed by atoms with Gasteiger partial charge in [-0.15, -0.1) is 0 Å². The van der Waals surface area contributed by atoms with Crippen LogP contribution in [0.1, 0.15) is 34.6 Å². The number of likely N-dealkylation sites (N-methyl/N-ethyl adjacent to an activating group) is 1. The molecule has 0 spiro atoms. The molecule has 4 N–H and O–H groups in total. The van der Waals surface area contributed by atoms with Crippen molar-refractivity contribution in [1.82, 2.24) is 15.3 Å². The van der Waals surface area contributed by atoms with E-state index in [0.717, 1.165) is 35.7 Å². The number of urea groups is 1. The van der Waals surface area contributed by atoms with Crippen molar-refractivity contribution in [2.45, 2.75) is 34.6 Å². The first-order valence-electron chi connectivity index (χ1n) is 14.1. The fourth-order valence-electron chi connectivity index (χ4n) is 4.58. The average Bonchev–Trinajstić information content (AvgIpc) is 2.99. The fourth-order valence-corrected chi connectivity index (χ4v) is 4.58. The number of hydrogen-bond acceptors (Lipinski definition) is 8. The molecule has 0 aliphatic rings. The number of ether oxygens (including phenoxy) is 2. The second-order valence-corrected chi connectivity index (χ2v) is 9.86. The van der Waals surface area contributed by atoms with Gasteiger partial charge >= 0.3 is 6.03 Å². The second-order valence-electron chi connectivity index (χ2n) is 9.86. The van der Waals surface area contributed by atoms with Crippen LogP contribution in [0.3, 0.4) is 0 Å². The summed E-state index contributed by atoms with van der Waals surface area (Å²) in [5.74, 6) is 2.01. The number of anilines is 5. The van der Waals surface area contributed by atoms with E-state index in [9.17, 15) is 4.79 Å². The van der Waals surface area contributed by atoms with Gasteiger partial charge in [-0.2, -0.15) is 0 Å². The summed E-state index contributed by atoms with van der Waals surface area (Å²) >= 11 is 0. The molecule has 224 valence electrons. The number of benzene rings is 2. The number of nitrogens with one attached hydrogen (secondary N) is 2. The predicted molar refractivity (Wildman–Crippen MR) is 171 cm³/mol. The summed E-state index contributed by atoms with van der Waals surface area (Å²) in [7, 11) is 3.13. The van der Waals surface area contributed by atoms with Crippen molar-refractivity contribution in [1.29, 1.82) is 0 Å². The quantitative estimate of drug-likeness (QED) is 0.202. The second kappa shape index (κ2) is 15.4. The first-order chi connectivity index (χ1) is 20.3. The van der Waals surface area contributed by atoms with Crippen molar-refractivity contribution in [3.05, 3.63) is 78.3 Å². The van der Waals surface area contributed by atoms with Crippen LogP contribution >= 0.6 is 0 Å². The molecule has 0 aliphatic heterocycles. The van der Waals surface area contributed by atoms with E-state index in [2.05, 4.69) is 32.4 Å². The largest absolute Gasteiger partial charge is 0.497 e. The molecule has 2 amide bonds. The number of nitrogens with zero attached hydrogens (tertiary/aromatic N) is 4. The lowest BCUT2D eigenvalue weighted by molar-refractivity contribution is 0.249. The molecule has 2 aromatic carbocycles. The van der Waals surface area contributed by atoms with E-state index < -0.39 is 0 Å². The number of nitrogens with two attached hydrogens (primary N) is 1. The van der Waals surface area contributed by atoms with E-state index in [-0.39, 0.29) is 11.9 Å². The molecule has 0 saturated heterocycles. The van der Waals surface area contributed by atoms with Crippen LogP contribution in [0.4, 0.5) is 33.5 Å². The van der Waals surface area contributed by atoms with Crippen LogP contribution in [-0.4, -0.2) is 49.9 Å². The monoisotopic (exact) mass is 573 g/mol. The van der Waals surface area contributed by atoms with Crippen LogP contribution in [0.5, 0.6) is 11.5 Å². The Balaban J connectivity index is 2.03. The molecule has 0 fully saturated rings. The molecule has 0 unspecified atom stereocenters. The molecule has 1 aromatic heterocycles. The summed E-state index contributed by atoms with van der Waals surface area (Å²) in [5.41, 5.74) is 9.96. The average molecular weight is 574 g/mol. The zero-order valence-electron chi connectivity index (χ0n) is 25.6. The van der Waals surface area contributed by atoms with Crippen molar-refractivity contribution in [3.63, 3.8) is 0 Å². The number of hydrogen-bond donors (Lipinski definition) is 3. The Morgan fingerprint density at radius 3 is 2.40 bits per heavy atom. The maximum absolute atomic E-state index is 14.0. The molecular weight excluding hydrogens is 530 g/mol. The zero-order chi connectivity index (χ0) is 30.6. The van der Waals surface area contributed by atoms with Gasteiger partial charge < -0.3 is 30.7 Å². The maximum atomic E-state index is 14.0. The molecule has 3 rings (SSSR count). The molecule has 3 aromatic rings. The van der Waals surface area contributed by atoms with Crippen LogP contribution in [0, 0.1) is 5.92 Å². The molecule has 42 heavy (non-hydrogen) atoms. The molecule has 0 saturated carbocycles. The van der Waals surface area contributed by atoms with Crippen molar-refractivity contribution in [2.24, 2.45) is 11.7 Å². The molecule has 10 heteroatoms. The summed E-state index contributed by atoms with van der Waals surface area (Å²) in [6.07, 6.45) is 5.34.